The van der Waals surface area contributed by atoms with Gasteiger partial charge in [-0.15, -0.1) is 0 Å². The summed E-state index contributed by atoms with van der Waals surface area (Å²) in [6, 6.07) is 19.0. The number of nitrogens with zero attached hydrogens (tertiary/aromatic N) is 2. The van der Waals surface area contributed by atoms with E-state index in [1.54, 1.807) is 35.5 Å². The normalized spacial score (nSPS) is 14.1. The van der Waals surface area contributed by atoms with Crippen molar-refractivity contribution in [1.29, 1.82) is 0 Å². The number of hydrogen-bond acceptors (Lipinski definition) is 4. The van der Waals surface area contributed by atoms with Gasteiger partial charge in [0.15, 0.2) is 6.61 Å². The van der Waals surface area contributed by atoms with Crippen LogP contribution in [0.4, 0.5) is 5.69 Å². The van der Waals surface area contributed by atoms with Crippen LogP contribution in [0, 0.1) is 5.92 Å². The van der Waals surface area contributed by atoms with Crippen molar-refractivity contribution in [3.05, 3.63) is 78.1 Å². The predicted molar refractivity (Wildman–Crippen MR) is 125 cm³/mol. The lowest BCUT2D eigenvalue weighted by molar-refractivity contribution is -0.136. The number of nitrogens with one attached hydrogen (secondary N) is 1. The van der Waals surface area contributed by atoms with Gasteiger partial charge in [-0.2, -0.15) is 0 Å². The number of benzene rings is 2. The van der Waals surface area contributed by atoms with Crippen molar-refractivity contribution in [3.63, 3.8) is 0 Å². The molecule has 0 spiro atoms. The fraction of sp³-hybridized carbons (Fsp3) is 0.240. The summed E-state index contributed by atoms with van der Waals surface area (Å²) >= 11 is 6.37. The Bertz CT molecular complexity index is 1070. The third-order valence-corrected chi connectivity index (χ3v) is 5.85. The largest absolute Gasteiger partial charge is 0.482 e. The van der Waals surface area contributed by atoms with E-state index in [1.807, 2.05) is 42.5 Å². The van der Waals surface area contributed by atoms with Gasteiger partial charge < -0.3 is 15.0 Å². The average Bonchev–Trinajstić information content (AvgIpc) is 2.84. The number of pyridine rings is 1. The molecule has 2 aromatic carbocycles. The molecule has 1 fully saturated rings. The molecule has 6 nitrogen and oxygen atoms in total. The molecule has 0 atom stereocenters. The lowest BCUT2D eigenvalue weighted by atomic mass is 9.96. The minimum absolute atomic E-state index is 0.0233. The number of likely N-dealkylation sites (tertiary alicyclic amines) is 1. The fourth-order valence-corrected chi connectivity index (χ4v) is 3.96. The molecule has 0 unspecified atom stereocenters. The Morgan fingerprint density at radius 3 is 2.41 bits per heavy atom. The van der Waals surface area contributed by atoms with Gasteiger partial charge in [0.25, 0.3) is 5.91 Å². The molecule has 0 bridgehead atoms. The third kappa shape index (κ3) is 5.45. The van der Waals surface area contributed by atoms with E-state index >= 15 is 0 Å². The summed E-state index contributed by atoms with van der Waals surface area (Å²) < 4.78 is 5.69. The first-order valence-electron chi connectivity index (χ1n) is 10.6. The van der Waals surface area contributed by atoms with Gasteiger partial charge in [-0.05, 0) is 48.2 Å². The highest BCUT2D eigenvalue weighted by molar-refractivity contribution is 6.32. The number of hydrogen-bond donors (Lipinski definition) is 1. The van der Waals surface area contributed by atoms with Crippen molar-refractivity contribution in [3.8, 4) is 16.9 Å². The lowest BCUT2D eigenvalue weighted by Gasteiger charge is -2.31. The quantitative estimate of drug-likeness (QED) is 0.594. The molecule has 0 saturated carbocycles. The van der Waals surface area contributed by atoms with Crippen LogP contribution in [0.15, 0.2) is 73.1 Å². The zero-order valence-corrected chi connectivity index (χ0v) is 18.3. The molecule has 1 saturated heterocycles. The molecule has 2 amide bonds. The van der Waals surface area contributed by atoms with Crippen LogP contribution in [-0.2, 0) is 9.59 Å². The number of carbonyl (C=O) groups is 2. The monoisotopic (exact) mass is 449 g/mol. The maximum Gasteiger partial charge on any atom is 0.260 e. The summed E-state index contributed by atoms with van der Waals surface area (Å²) in [5.74, 6) is 0.227. The van der Waals surface area contributed by atoms with Crippen molar-refractivity contribution in [1.82, 2.24) is 9.88 Å². The standard InChI is InChI=1S/C25H24ClN3O3/c26-22-16-20(18-4-2-1-3-5-18)6-7-23(22)32-17-24(30)29-14-10-19(11-15-29)25(31)28-21-8-12-27-13-9-21/h1-9,12-13,16,19H,10-11,14-15,17H2,(H,27,28,31). The van der Waals surface area contributed by atoms with E-state index in [-0.39, 0.29) is 24.3 Å². The Kier molecular flexibility index (Phi) is 7.02. The van der Waals surface area contributed by atoms with E-state index in [2.05, 4.69) is 10.3 Å². The molecule has 4 rings (SSSR count). The second-order valence-corrected chi connectivity index (χ2v) is 8.09. The number of rotatable bonds is 6. The van der Waals surface area contributed by atoms with Crippen molar-refractivity contribution in [2.75, 3.05) is 25.0 Å². The molecule has 1 aromatic heterocycles. The van der Waals surface area contributed by atoms with Crippen molar-refractivity contribution in [2.45, 2.75) is 12.8 Å². The predicted octanol–water partition coefficient (Wildman–Crippen LogP) is 4.66. The maximum atomic E-state index is 12.6. The van der Waals surface area contributed by atoms with Crippen LogP contribution in [0.1, 0.15) is 12.8 Å². The first-order chi connectivity index (χ1) is 15.6. The summed E-state index contributed by atoms with van der Waals surface area (Å²) in [4.78, 5) is 30.7. The SMILES string of the molecule is O=C(Nc1ccncc1)C1CCN(C(=O)COc2ccc(-c3ccccc3)cc2Cl)CC1. The van der Waals surface area contributed by atoms with Crippen molar-refractivity contribution >= 4 is 29.1 Å². The Hall–Kier alpha value is -3.38. The zero-order valence-electron chi connectivity index (χ0n) is 17.5. The molecule has 32 heavy (non-hydrogen) atoms. The van der Waals surface area contributed by atoms with Gasteiger partial charge in [-0.25, -0.2) is 0 Å². The highest BCUT2D eigenvalue weighted by Gasteiger charge is 2.27. The number of piperidine rings is 1. The van der Waals surface area contributed by atoms with Crippen molar-refractivity contribution < 1.29 is 14.3 Å². The van der Waals surface area contributed by atoms with Crippen LogP contribution in [0.3, 0.4) is 0 Å². The number of carbonyl (C=O) groups excluding carboxylic acids is 2. The summed E-state index contributed by atoms with van der Waals surface area (Å²) in [5.41, 5.74) is 2.78. The van der Waals surface area contributed by atoms with E-state index in [9.17, 15) is 9.59 Å². The minimum atomic E-state index is -0.117. The van der Waals surface area contributed by atoms with E-state index in [1.165, 1.54) is 0 Å². The van der Waals surface area contributed by atoms with Crippen LogP contribution in [0.5, 0.6) is 5.75 Å². The highest BCUT2D eigenvalue weighted by atomic mass is 35.5. The smallest absolute Gasteiger partial charge is 0.260 e. The van der Waals surface area contributed by atoms with Gasteiger partial charge in [-0.3, -0.25) is 14.6 Å². The van der Waals surface area contributed by atoms with Crippen LogP contribution >= 0.6 is 11.6 Å². The summed E-state index contributed by atoms with van der Waals surface area (Å²) in [6.07, 6.45) is 4.51. The Morgan fingerprint density at radius 1 is 1.00 bits per heavy atom. The molecule has 164 valence electrons. The van der Waals surface area contributed by atoms with Gasteiger partial charge in [0, 0.05) is 37.1 Å². The molecule has 2 heterocycles. The summed E-state index contributed by atoms with van der Waals surface area (Å²) in [7, 11) is 0. The second-order valence-electron chi connectivity index (χ2n) is 7.68. The van der Waals surface area contributed by atoms with Gasteiger partial charge >= 0.3 is 0 Å². The first kappa shape index (κ1) is 21.8. The lowest BCUT2D eigenvalue weighted by Crippen LogP contribution is -2.43. The molecule has 1 aliphatic heterocycles. The Morgan fingerprint density at radius 2 is 1.72 bits per heavy atom. The van der Waals surface area contributed by atoms with Gasteiger partial charge in [-0.1, -0.05) is 48.0 Å². The number of anilines is 1. The Balaban J connectivity index is 1.26. The minimum Gasteiger partial charge on any atom is -0.482 e. The van der Waals surface area contributed by atoms with Crippen LogP contribution in [0.25, 0.3) is 11.1 Å². The Labute approximate surface area is 192 Å². The number of aromatic nitrogens is 1. The van der Waals surface area contributed by atoms with Crippen LogP contribution < -0.4 is 10.1 Å². The van der Waals surface area contributed by atoms with E-state index in [4.69, 9.17) is 16.3 Å². The number of ether oxygens (including phenoxy) is 1. The molecule has 1 N–H and O–H groups in total. The van der Waals surface area contributed by atoms with Crippen LogP contribution in [0.2, 0.25) is 5.02 Å². The maximum absolute atomic E-state index is 12.6. The molecule has 1 aliphatic rings. The molecule has 0 radical (unpaired) electrons. The fourth-order valence-electron chi connectivity index (χ4n) is 3.73. The highest BCUT2D eigenvalue weighted by Crippen LogP contribution is 2.30. The molecule has 3 aromatic rings. The van der Waals surface area contributed by atoms with E-state index in [0.717, 1.165) is 16.8 Å². The van der Waals surface area contributed by atoms with Gasteiger partial charge in [0.2, 0.25) is 5.91 Å². The molecular formula is C25H24ClN3O3. The summed E-state index contributed by atoms with van der Waals surface area (Å²) in [5, 5.41) is 3.37. The molecule has 7 heteroatoms. The topological polar surface area (TPSA) is 71.5 Å². The van der Waals surface area contributed by atoms with E-state index < -0.39 is 0 Å². The van der Waals surface area contributed by atoms with Crippen molar-refractivity contribution in [2.24, 2.45) is 5.92 Å². The molecule has 0 aliphatic carbocycles. The van der Waals surface area contributed by atoms with E-state index in [0.29, 0.717) is 36.7 Å². The van der Waals surface area contributed by atoms with Crippen LogP contribution in [-0.4, -0.2) is 41.4 Å². The second kappa shape index (κ2) is 10.3. The van der Waals surface area contributed by atoms with Gasteiger partial charge in [0.05, 0.1) is 5.02 Å². The average molecular weight is 450 g/mol. The number of halogens is 1. The third-order valence-electron chi connectivity index (χ3n) is 5.56. The zero-order chi connectivity index (χ0) is 22.3. The number of amides is 2. The van der Waals surface area contributed by atoms with Gasteiger partial charge in [0.1, 0.15) is 5.75 Å². The summed E-state index contributed by atoms with van der Waals surface area (Å²) in [6.45, 7) is 0.965. The first-order valence-corrected chi connectivity index (χ1v) is 10.9. The molecular weight excluding hydrogens is 426 g/mol.